The third-order valence-electron chi connectivity index (χ3n) is 12.6. The molecule has 0 heterocycles. The van der Waals surface area contributed by atoms with Crippen LogP contribution in [0.4, 0.5) is 0 Å². The van der Waals surface area contributed by atoms with E-state index in [0.29, 0.717) is 19.3 Å². The first-order chi connectivity index (χ1) is 37.0. The molecule has 0 aromatic heterocycles. The molecule has 0 aliphatic heterocycles. The zero-order valence-electron chi connectivity index (χ0n) is 48.5. The largest absolute Gasteiger partial charge is 0.462 e. The van der Waals surface area contributed by atoms with Gasteiger partial charge in [0.05, 0.1) is 0 Å². The maximum absolute atomic E-state index is 12.9. The van der Waals surface area contributed by atoms with Crippen LogP contribution in [0, 0.1) is 0 Å². The van der Waals surface area contributed by atoms with Crippen LogP contribution in [0.15, 0.2) is 134 Å². The highest BCUT2D eigenvalue weighted by Gasteiger charge is 2.19. The number of ether oxygens (including phenoxy) is 3. The molecule has 0 N–H and O–H groups in total. The summed E-state index contributed by atoms with van der Waals surface area (Å²) in [5.41, 5.74) is 0. The number of carbonyl (C=O) groups is 3. The Labute approximate surface area is 462 Å². The number of rotatable bonds is 54. The molecule has 1 atom stereocenters. The van der Waals surface area contributed by atoms with Crippen LogP contribution in [-0.2, 0) is 28.6 Å². The maximum Gasteiger partial charge on any atom is 0.306 e. The summed E-state index contributed by atoms with van der Waals surface area (Å²) in [7, 11) is 0. The Hall–Kier alpha value is -4.45. The fourth-order valence-electron chi connectivity index (χ4n) is 7.94. The summed E-state index contributed by atoms with van der Waals surface area (Å²) in [6.07, 6.45) is 87.2. The van der Waals surface area contributed by atoms with Crippen LogP contribution in [-0.4, -0.2) is 37.2 Å². The predicted octanol–water partition coefficient (Wildman–Crippen LogP) is 21.0. The summed E-state index contributed by atoms with van der Waals surface area (Å²) in [6, 6.07) is 0. The Morgan fingerprint density at radius 2 is 0.480 bits per heavy atom. The van der Waals surface area contributed by atoms with Crippen molar-refractivity contribution in [3.8, 4) is 0 Å². The van der Waals surface area contributed by atoms with E-state index in [1.165, 1.54) is 89.9 Å². The molecule has 0 spiro atoms. The maximum atomic E-state index is 12.9. The van der Waals surface area contributed by atoms with Gasteiger partial charge in [-0.05, 0) is 148 Å². The average Bonchev–Trinajstić information content (AvgIpc) is 3.41. The lowest BCUT2D eigenvalue weighted by molar-refractivity contribution is -0.167. The predicted molar refractivity (Wildman–Crippen MR) is 325 cm³/mol. The first-order valence-electron chi connectivity index (χ1n) is 30.7. The molecule has 0 saturated heterocycles. The van der Waals surface area contributed by atoms with Crippen molar-refractivity contribution < 1.29 is 28.6 Å². The molecule has 0 saturated carbocycles. The number of hydrogen-bond donors (Lipinski definition) is 0. The van der Waals surface area contributed by atoms with Crippen molar-refractivity contribution in [1.29, 1.82) is 0 Å². The minimum atomic E-state index is -0.821. The van der Waals surface area contributed by atoms with Crippen molar-refractivity contribution in [2.75, 3.05) is 13.2 Å². The number of esters is 3. The molecule has 0 aromatic carbocycles. The zero-order valence-corrected chi connectivity index (χ0v) is 48.5. The van der Waals surface area contributed by atoms with E-state index in [4.69, 9.17) is 14.2 Å². The fourth-order valence-corrected chi connectivity index (χ4v) is 7.94. The van der Waals surface area contributed by atoms with E-state index < -0.39 is 6.10 Å². The summed E-state index contributed by atoms with van der Waals surface area (Å²) in [5, 5.41) is 0. The van der Waals surface area contributed by atoms with Gasteiger partial charge in [-0.2, -0.15) is 0 Å². The third-order valence-corrected chi connectivity index (χ3v) is 12.6. The quantitative estimate of drug-likeness (QED) is 0.0261. The molecule has 6 nitrogen and oxygen atoms in total. The number of allylic oxidation sites excluding steroid dienone is 22. The molecule has 0 rings (SSSR count). The Balaban J connectivity index is 4.56. The molecule has 0 fully saturated rings. The summed E-state index contributed by atoms with van der Waals surface area (Å²) in [5.74, 6) is -0.988. The number of unbranched alkanes of at least 4 members (excludes halogenated alkanes) is 21. The topological polar surface area (TPSA) is 78.9 Å². The van der Waals surface area contributed by atoms with Gasteiger partial charge in [-0.15, -0.1) is 0 Å². The van der Waals surface area contributed by atoms with Gasteiger partial charge in [0.2, 0.25) is 0 Å². The van der Waals surface area contributed by atoms with Gasteiger partial charge in [-0.25, -0.2) is 0 Å². The van der Waals surface area contributed by atoms with E-state index in [1.54, 1.807) is 0 Å². The first kappa shape index (κ1) is 70.5. The Bertz CT molecular complexity index is 1620. The lowest BCUT2D eigenvalue weighted by Gasteiger charge is -2.18. The molecule has 0 amide bonds. The van der Waals surface area contributed by atoms with Crippen LogP contribution in [0.25, 0.3) is 0 Å². The Morgan fingerprint density at radius 1 is 0.267 bits per heavy atom. The van der Waals surface area contributed by atoms with E-state index in [0.717, 1.165) is 128 Å². The highest BCUT2D eigenvalue weighted by molar-refractivity contribution is 5.71. The van der Waals surface area contributed by atoms with E-state index >= 15 is 0 Å². The van der Waals surface area contributed by atoms with Gasteiger partial charge in [0.1, 0.15) is 13.2 Å². The average molecular weight is 1040 g/mol. The monoisotopic (exact) mass is 1040 g/mol. The van der Waals surface area contributed by atoms with Crippen molar-refractivity contribution in [1.82, 2.24) is 0 Å². The lowest BCUT2D eigenvalue weighted by Crippen LogP contribution is -2.30. The molecule has 0 radical (unpaired) electrons. The molecule has 0 aliphatic carbocycles. The zero-order chi connectivity index (χ0) is 54.3. The molecule has 0 bridgehead atoms. The van der Waals surface area contributed by atoms with E-state index in [-0.39, 0.29) is 37.5 Å². The summed E-state index contributed by atoms with van der Waals surface area (Å²) >= 11 is 0. The standard InChI is InChI=1S/C69H112O6/c1-4-7-10-13-16-19-22-25-28-31-34-37-40-43-46-49-52-55-58-61-67(70)73-64-66(75-69(72)63-60-57-54-51-48-45-42-39-36-33-30-27-24-21-18-15-12-9-6-3)65-74-68(71)62-59-56-53-50-47-44-41-38-35-32-29-26-23-20-17-14-11-8-5-2/h16-21,25-30,34-39,43,45-46,48,66H,4-15,22-24,31-33,40-42,44,47,49-65H2,1-3H3/b19-16-,20-17-,21-18-,28-25-,29-26-,30-27-,37-34-,38-35-,39-36-,46-43-,48-45-/t66-/m0/s1. The molecule has 0 aromatic rings. The molecule has 0 unspecified atom stereocenters. The van der Waals surface area contributed by atoms with Gasteiger partial charge in [0, 0.05) is 19.3 Å². The Kier molecular flexibility index (Phi) is 58.4. The van der Waals surface area contributed by atoms with Crippen LogP contribution >= 0.6 is 0 Å². The molecule has 75 heavy (non-hydrogen) atoms. The third kappa shape index (κ3) is 60.3. The second kappa shape index (κ2) is 62.1. The van der Waals surface area contributed by atoms with Crippen molar-refractivity contribution in [2.45, 2.75) is 271 Å². The van der Waals surface area contributed by atoms with Gasteiger partial charge in [-0.3, -0.25) is 14.4 Å². The van der Waals surface area contributed by atoms with Crippen LogP contribution in [0.1, 0.15) is 265 Å². The minimum absolute atomic E-state index is 0.113. The summed E-state index contributed by atoms with van der Waals surface area (Å²) in [4.78, 5) is 38.3. The second-order valence-corrected chi connectivity index (χ2v) is 19.9. The van der Waals surface area contributed by atoms with E-state index in [2.05, 4.69) is 154 Å². The molecule has 0 aliphatic rings. The molecular weight excluding hydrogens is 925 g/mol. The summed E-state index contributed by atoms with van der Waals surface area (Å²) < 4.78 is 16.8. The number of hydrogen-bond acceptors (Lipinski definition) is 6. The van der Waals surface area contributed by atoms with Gasteiger partial charge < -0.3 is 14.2 Å². The smallest absolute Gasteiger partial charge is 0.306 e. The lowest BCUT2D eigenvalue weighted by atomic mass is 10.1. The van der Waals surface area contributed by atoms with Crippen molar-refractivity contribution >= 4 is 17.9 Å². The molecular formula is C69H112O6. The Morgan fingerprint density at radius 3 is 0.760 bits per heavy atom. The summed E-state index contributed by atoms with van der Waals surface area (Å²) in [6.45, 7) is 6.49. The van der Waals surface area contributed by atoms with Crippen LogP contribution in [0.2, 0.25) is 0 Å². The van der Waals surface area contributed by atoms with E-state index in [9.17, 15) is 14.4 Å². The van der Waals surface area contributed by atoms with Crippen LogP contribution in [0.3, 0.4) is 0 Å². The van der Waals surface area contributed by atoms with E-state index in [1.807, 2.05) is 0 Å². The fraction of sp³-hybridized carbons (Fsp3) is 0.638. The second-order valence-electron chi connectivity index (χ2n) is 19.9. The van der Waals surface area contributed by atoms with Crippen LogP contribution < -0.4 is 0 Å². The highest BCUT2D eigenvalue weighted by Crippen LogP contribution is 2.13. The van der Waals surface area contributed by atoms with Gasteiger partial charge >= 0.3 is 17.9 Å². The molecule has 6 heteroatoms. The van der Waals surface area contributed by atoms with Crippen molar-refractivity contribution in [2.24, 2.45) is 0 Å². The van der Waals surface area contributed by atoms with Gasteiger partial charge in [0.25, 0.3) is 0 Å². The van der Waals surface area contributed by atoms with Crippen molar-refractivity contribution in [3.63, 3.8) is 0 Å². The highest BCUT2D eigenvalue weighted by atomic mass is 16.6. The van der Waals surface area contributed by atoms with Gasteiger partial charge in [-0.1, -0.05) is 231 Å². The van der Waals surface area contributed by atoms with Gasteiger partial charge in [0.15, 0.2) is 6.10 Å². The van der Waals surface area contributed by atoms with Crippen molar-refractivity contribution in [3.05, 3.63) is 134 Å². The normalized spacial score (nSPS) is 13.1. The van der Waals surface area contributed by atoms with Crippen LogP contribution in [0.5, 0.6) is 0 Å². The first-order valence-corrected chi connectivity index (χ1v) is 30.7. The SMILES string of the molecule is CCCCC/C=C\C/C=C\C/C=C\C/C=C\CCCCCC(=O)OC[C@@H](COC(=O)CCCCCCCC/C=C\C/C=C\C/C=C\CCCCC)OC(=O)CCCCC/C=C\C/C=C\C/C=C\C/C=C\CCCCC. The minimum Gasteiger partial charge on any atom is -0.462 e. The number of carbonyl (C=O) groups excluding carboxylic acids is 3. The molecule has 424 valence electrons.